The fourth-order valence-corrected chi connectivity index (χ4v) is 3.06. The van der Waals surface area contributed by atoms with Crippen molar-refractivity contribution in [2.24, 2.45) is 0 Å². The molecule has 1 fully saturated rings. The number of halogens is 1. The lowest BCUT2D eigenvalue weighted by molar-refractivity contribution is 0.306. The SMILES string of the molecule is Clc1ccccc1COc1ccc(CNC2CCCC2)cc1. The first kappa shape index (κ1) is 15.4. The van der Waals surface area contributed by atoms with Crippen molar-refractivity contribution in [1.29, 1.82) is 0 Å². The Kier molecular flexibility index (Phi) is 5.36. The fraction of sp³-hybridized carbons (Fsp3) is 0.368. The van der Waals surface area contributed by atoms with Crippen LogP contribution in [0.1, 0.15) is 36.8 Å². The summed E-state index contributed by atoms with van der Waals surface area (Å²) in [6.07, 6.45) is 5.37. The second-order valence-electron chi connectivity index (χ2n) is 5.89. The minimum atomic E-state index is 0.499. The van der Waals surface area contributed by atoms with E-state index in [0.717, 1.165) is 22.9 Å². The molecule has 1 saturated carbocycles. The van der Waals surface area contributed by atoms with E-state index in [2.05, 4.69) is 17.4 Å². The molecule has 116 valence electrons. The lowest BCUT2D eigenvalue weighted by Gasteiger charge is -2.12. The van der Waals surface area contributed by atoms with Crippen LogP contribution in [0.15, 0.2) is 48.5 Å². The summed E-state index contributed by atoms with van der Waals surface area (Å²) in [7, 11) is 0. The molecule has 3 rings (SSSR count). The molecule has 0 saturated heterocycles. The Bertz CT molecular complexity index is 591. The smallest absolute Gasteiger partial charge is 0.119 e. The second-order valence-corrected chi connectivity index (χ2v) is 6.29. The summed E-state index contributed by atoms with van der Waals surface area (Å²) in [5.41, 5.74) is 2.31. The quantitative estimate of drug-likeness (QED) is 0.814. The Morgan fingerprint density at radius 2 is 1.73 bits per heavy atom. The van der Waals surface area contributed by atoms with Crippen molar-refractivity contribution < 1.29 is 4.74 Å². The number of nitrogens with one attached hydrogen (secondary N) is 1. The maximum Gasteiger partial charge on any atom is 0.119 e. The van der Waals surface area contributed by atoms with Gasteiger partial charge in [0.15, 0.2) is 0 Å². The van der Waals surface area contributed by atoms with Gasteiger partial charge in [-0.2, -0.15) is 0 Å². The standard InChI is InChI=1S/C19H22ClNO/c20-19-8-4-1-5-16(19)14-22-18-11-9-15(10-12-18)13-21-17-6-2-3-7-17/h1,4-5,8-12,17,21H,2-3,6-7,13-14H2. The molecule has 0 amide bonds. The number of benzene rings is 2. The van der Waals surface area contributed by atoms with Gasteiger partial charge in [0.2, 0.25) is 0 Å². The zero-order valence-electron chi connectivity index (χ0n) is 12.7. The van der Waals surface area contributed by atoms with Crippen LogP contribution in [-0.4, -0.2) is 6.04 Å². The third kappa shape index (κ3) is 4.25. The summed E-state index contributed by atoms with van der Waals surface area (Å²) >= 11 is 6.13. The van der Waals surface area contributed by atoms with E-state index in [4.69, 9.17) is 16.3 Å². The van der Waals surface area contributed by atoms with Crippen molar-refractivity contribution in [3.8, 4) is 5.75 Å². The summed E-state index contributed by atoms with van der Waals surface area (Å²) in [6, 6.07) is 16.8. The number of hydrogen-bond acceptors (Lipinski definition) is 2. The van der Waals surface area contributed by atoms with Gasteiger partial charge in [0.25, 0.3) is 0 Å². The molecular weight excluding hydrogens is 294 g/mol. The van der Waals surface area contributed by atoms with Gasteiger partial charge in [-0.1, -0.05) is 54.8 Å². The second kappa shape index (κ2) is 7.66. The van der Waals surface area contributed by atoms with E-state index in [1.807, 2.05) is 36.4 Å². The molecule has 0 unspecified atom stereocenters. The monoisotopic (exact) mass is 315 g/mol. The highest BCUT2D eigenvalue weighted by molar-refractivity contribution is 6.31. The Hall–Kier alpha value is -1.51. The topological polar surface area (TPSA) is 21.3 Å². The first-order chi connectivity index (χ1) is 10.8. The van der Waals surface area contributed by atoms with Gasteiger partial charge >= 0.3 is 0 Å². The largest absolute Gasteiger partial charge is 0.489 e. The summed E-state index contributed by atoms with van der Waals surface area (Å²) in [5.74, 6) is 0.879. The van der Waals surface area contributed by atoms with Crippen LogP contribution >= 0.6 is 11.6 Å². The summed E-state index contributed by atoms with van der Waals surface area (Å²) < 4.78 is 5.80. The lowest BCUT2D eigenvalue weighted by atomic mass is 10.2. The van der Waals surface area contributed by atoms with Crippen LogP contribution in [0.5, 0.6) is 5.75 Å². The zero-order chi connectivity index (χ0) is 15.2. The molecule has 1 aliphatic rings. The molecule has 0 radical (unpaired) electrons. The van der Waals surface area contributed by atoms with E-state index in [-0.39, 0.29) is 0 Å². The zero-order valence-corrected chi connectivity index (χ0v) is 13.5. The number of ether oxygens (including phenoxy) is 1. The fourth-order valence-electron chi connectivity index (χ4n) is 2.87. The Labute approximate surface area is 137 Å². The van der Waals surface area contributed by atoms with Gasteiger partial charge in [-0.15, -0.1) is 0 Å². The first-order valence-corrected chi connectivity index (χ1v) is 8.37. The van der Waals surface area contributed by atoms with Crippen LogP contribution in [0.2, 0.25) is 5.02 Å². The molecule has 2 aromatic carbocycles. The summed E-state index contributed by atoms with van der Waals surface area (Å²) in [5, 5.41) is 4.37. The van der Waals surface area contributed by atoms with Gasteiger partial charge in [0.1, 0.15) is 12.4 Å². The van der Waals surface area contributed by atoms with Crippen molar-refractivity contribution in [3.63, 3.8) is 0 Å². The third-order valence-corrected chi connectivity index (χ3v) is 4.59. The van der Waals surface area contributed by atoms with Crippen molar-refractivity contribution in [3.05, 3.63) is 64.7 Å². The van der Waals surface area contributed by atoms with Crippen LogP contribution in [0.4, 0.5) is 0 Å². The average Bonchev–Trinajstić information content (AvgIpc) is 3.07. The molecule has 2 nitrogen and oxygen atoms in total. The maximum absolute atomic E-state index is 6.13. The molecule has 0 atom stereocenters. The molecule has 0 aromatic heterocycles. The summed E-state index contributed by atoms with van der Waals surface area (Å²) in [6.45, 7) is 1.44. The highest BCUT2D eigenvalue weighted by Gasteiger charge is 2.13. The molecule has 2 aromatic rings. The molecule has 0 bridgehead atoms. The lowest BCUT2D eigenvalue weighted by Crippen LogP contribution is -2.25. The van der Waals surface area contributed by atoms with Gasteiger partial charge in [-0.3, -0.25) is 0 Å². The van der Waals surface area contributed by atoms with Crippen LogP contribution in [-0.2, 0) is 13.2 Å². The minimum absolute atomic E-state index is 0.499. The van der Waals surface area contributed by atoms with Crippen molar-refractivity contribution in [2.75, 3.05) is 0 Å². The van der Waals surface area contributed by atoms with Crippen molar-refractivity contribution in [1.82, 2.24) is 5.32 Å². The van der Waals surface area contributed by atoms with E-state index in [1.165, 1.54) is 31.2 Å². The highest BCUT2D eigenvalue weighted by Crippen LogP contribution is 2.20. The van der Waals surface area contributed by atoms with Crippen molar-refractivity contribution in [2.45, 2.75) is 44.9 Å². The Morgan fingerprint density at radius 1 is 1.00 bits per heavy atom. The number of hydrogen-bond donors (Lipinski definition) is 1. The van der Waals surface area contributed by atoms with Crippen molar-refractivity contribution >= 4 is 11.6 Å². The molecule has 0 aliphatic heterocycles. The molecule has 3 heteroatoms. The molecular formula is C19H22ClNO. The minimum Gasteiger partial charge on any atom is -0.489 e. The van der Waals surface area contributed by atoms with E-state index in [1.54, 1.807) is 0 Å². The van der Waals surface area contributed by atoms with E-state index >= 15 is 0 Å². The van der Waals surface area contributed by atoms with Gasteiger partial charge in [0.05, 0.1) is 0 Å². The van der Waals surface area contributed by atoms with Crippen LogP contribution in [0.3, 0.4) is 0 Å². The molecule has 1 aliphatic carbocycles. The normalized spacial score (nSPS) is 15.1. The van der Waals surface area contributed by atoms with E-state index in [9.17, 15) is 0 Å². The highest BCUT2D eigenvalue weighted by atomic mass is 35.5. The van der Waals surface area contributed by atoms with Crippen LogP contribution in [0, 0.1) is 0 Å². The number of rotatable bonds is 6. The van der Waals surface area contributed by atoms with Crippen LogP contribution in [0.25, 0.3) is 0 Å². The van der Waals surface area contributed by atoms with Gasteiger partial charge in [0, 0.05) is 23.2 Å². The third-order valence-electron chi connectivity index (χ3n) is 4.23. The predicted octanol–water partition coefficient (Wildman–Crippen LogP) is 4.95. The molecule has 22 heavy (non-hydrogen) atoms. The van der Waals surface area contributed by atoms with Gasteiger partial charge < -0.3 is 10.1 Å². The summed E-state index contributed by atoms with van der Waals surface area (Å²) in [4.78, 5) is 0. The predicted molar refractivity (Wildman–Crippen MR) is 91.3 cm³/mol. The van der Waals surface area contributed by atoms with Crippen LogP contribution < -0.4 is 10.1 Å². The average molecular weight is 316 g/mol. The molecule has 0 spiro atoms. The first-order valence-electron chi connectivity index (χ1n) is 8.00. The van der Waals surface area contributed by atoms with Gasteiger partial charge in [-0.05, 0) is 36.6 Å². The Balaban J connectivity index is 1.49. The van der Waals surface area contributed by atoms with E-state index in [0.29, 0.717) is 12.6 Å². The maximum atomic E-state index is 6.13. The molecule has 1 N–H and O–H groups in total. The van der Waals surface area contributed by atoms with Gasteiger partial charge in [-0.25, -0.2) is 0 Å². The molecule has 0 heterocycles. The van der Waals surface area contributed by atoms with E-state index < -0.39 is 0 Å². The Morgan fingerprint density at radius 3 is 2.45 bits per heavy atom.